The number of aromatic nitrogens is 1. The van der Waals surface area contributed by atoms with Crippen molar-refractivity contribution in [2.24, 2.45) is 10.7 Å². The van der Waals surface area contributed by atoms with Gasteiger partial charge in [0, 0.05) is 24.7 Å². The number of phenolic OH excluding ortho intramolecular Hbond substituents is 1. The zero-order valence-electron chi connectivity index (χ0n) is 20.4. The van der Waals surface area contributed by atoms with Gasteiger partial charge in [0.1, 0.15) is 17.4 Å². The molecule has 0 saturated carbocycles. The number of aromatic hydroxyl groups is 1. The molecule has 1 aliphatic rings. The first-order chi connectivity index (χ1) is 18.2. The number of phenols is 1. The van der Waals surface area contributed by atoms with Crippen molar-refractivity contribution in [1.82, 2.24) is 15.2 Å². The van der Waals surface area contributed by atoms with E-state index in [4.69, 9.17) is 25.4 Å². The minimum absolute atomic E-state index is 0.142. The van der Waals surface area contributed by atoms with Gasteiger partial charge in [-0.3, -0.25) is 15.2 Å². The van der Waals surface area contributed by atoms with Crippen molar-refractivity contribution in [1.29, 1.82) is 5.41 Å². The molecule has 0 fully saturated rings. The number of rotatable bonds is 9. The molecule has 0 unspecified atom stereocenters. The van der Waals surface area contributed by atoms with Crippen LogP contribution in [0.5, 0.6) is 34.8 Å². The summed E-state index contributed by atoms with van der Waals surface area (Å²) < 4.78 is 46.5. The lowest BCUT2D eigenvalue weighted by atomic mass is 10.2. The van der Waals surface area contributed by atoms with Crippen molar-refractivity contribution in [3.8, 4) is 34.8 Å². The number of nitrogens with one attached hydrogen (secondary N) is 2. The Labute approximate surface area is 216 Å². The summed E-state index contributed by atoms with van der Waals surface area (Å²) in [6.45, 7) is 1.03. The molecule has 0 aliphatic carbocycles. The van der Waals surface area contributed by atoms with E-state index in [0.717, 1.165) is 18.4 Å². The summed E-state index contributed by atoms with van der Waals surface area (Å²) in [7, 11) is 3.33. The molecule has 0 bridgehead atoms. The fraction of sp³-hybridized carbons (Fsp3) is 0.200. The number of hydrogen-bond acceptors (Lipinski definition) is 10. The fourth-order valence-corrected chi connectivity index (χ4v) is 3.52. The molecule has 2 aromatic carbocycles. The van der Waals surface area contributed by atoms with Gasteiger partial charge in [0.05, 0.1) is 13.1 Å². The molecule has 2 heterocycles. The number of halogens is 2. The Hall–Kier alpha value is -4.78. The molecule has 3 aromatic rings. The van der Waals surface area contributed by atoms with E-state index in [1.807, 2.05) is 11.9 Å². The summed E-state index contributed by atoms with van der Waals surface area (Å²) >= 11 is 0. The largest absolute Gasteiger partial charge is 0.504 e. The number of pyridine rings is 1. The summed E-state index contributed by atoms with van der Waals surface area (Å²) in [6, 6.07) is 10.3. The van der Waals surface area contributed by atoms with E-state index in [2.05, 4.69) is 15.3 Å². The van der Waals surface area contributed by atoms with E-state index < -0.39 is 40.9 Å². The second-order valence-electron chi connectivity index (χ2n) is 8.14. The van der Waals surface area contributed by atoms with Crippen molar-refractivity contribution in [2.75, 3.05) is 33.7 Å². The van der Waals surface area contributed by atoms with Crippen molar-refractivity contribution in [3.63, 3.8) is 0 Å². The molecular formula is C25H24F2N6O5. The first-order valence-electron chi connectivity index (χ1n) is 11.3. The van der Waals surface area contributed by atoms with Gasteiger partial charge >= 0.3 is 5.97 Å². The van der Waals surface area contributed by atoms with Crippen LogP contribution in [-0.2, 0) is 4.79 Å². The predicted octanol–water partition coefficient (Wildman–Crippen LogP) is 2.75. The Morgan fingerprint density at radius 3 is 2.58 bits per heavy atom. The number of esters is 1. The number of benzene rings is 2. The molecule has 5 N–H and O–H groups in total. The van der Waals surface area contributed by atoms with E-state index in [1.165, 1.54) is 25.2 Å². The molecule has 0 atom stereocenters. The lowest BCUT2D eigenvalue weighted by molar-refractivity contribution is -0.133. The number of nitrogens with two attached hydrogens (primary N) is 1. The van der Waals surface area contributed by atoms with Gasteiger partial charge in [-0.2, -0.15) is 13.8 Å². The van der Waals surface area contributed by atoms with Crippen LogP contribution in [0.15, 0.2) is 47.5 Å². The monoisotopic (exact) mass is 526 g/mol. The average Bonchev–Trinajstić information content (AvgIpc) is 3.32. The maximum absolute atomic E-state index is 15.3. The van der Waals surface area contributed by atoms with E-state index in [0.29, 0.717) is 12.1 Å². The van der Waals surface area contributed by atoms with Crippen LogP contribution in [-0.4, -0.2) is 66.4 Å². The maximum atomic E-state index is 15.3. The third-order valence-electron chi connectivity index (χ3n) is 5.36. The Bertz CT molecular complexity index is 1430. The van der Waals surface area contributed by atoms with Crippen LogP contribution in [0.3, 0.4) is 0 Å². The SMILES string of the molecule is CNCC(=O)Oc1c(F)c(Oc2cccc(C3=NCCN3C)c2)nc(Oc2cc(C(=N)N)ccc2O)c1F. The lowest BCUT2D eigenvalue weighted by Gasteiger charge is -2.16. The smallest absolute Gasteiger partial charge is 0.325 e. The average molecular weight is 527 g/mol. The zero-order chi connectivity index (χ0) is 27.4. The molecule has 0 amide bonds. The van der Waals surface area contributed by atoms with Crippen molar-refractivity contribution >= 4 is 17.6 Å². The number of amidine groups is 2. The Balaban J connectivity index is 1.75. The van der Waals surface area contributed by atoms with Gasteiger partial charge < -0.3 is 35.3 Å². The first kappa shape index (κ1) is 26.3. The van der Waals surface area contributed by atoms with Crippen molar-refractivity contribution < 1.29 is 32.9 Å². The highest BCUT2D eigenvalue weighted by Gasteiger charge is 2.28. The molecule has 1 aromatic heterocycles. The van der Waals surface area contributed by atoms with E-state index in [1.54, 1.807) is 18.2 Å². The number of carbonyl (C=O) groups excluding carboxylic acids is 1. The van der Waals surface area contributed by atoms with Gasteiger partial charge in [-0.15, -0.1) is 0 Å². The van der Waals surface area contributed by atoms with Crippen molar-refractivity contribution in [3.05, 3.63) is 65.2 Å². The second kappa shape index (κ2) is 11.1. The summed E-state index contributed by atoms with van der Waals surface area (Å²) in [5.41, 5.74) is 6.33. The van der Waals surface area contributed by atoms with Gasteiger partial charge in [-0.1, -0.05) is 12.1 Å². The number of nitrogens with zero attached hydrogens (tertiary/aromatic N) is 3. The van der Waals surface area contributed by atoms with Crippen LogP contribution in [0.25, 0.3) is 0 Å². The third-order valence-corrected chi connectivity index (χ3v) is 5.36. The van der Waals surface area contributed by atoms with Crippen LogP contribution in [0.4, 0.5) is 8.78 Å². The second-order valence-corrected chi connectivity index (χ2v) is 8.14. The van der Waals surface area contributed by atoms with Crippen LogP contribution in [0.2, 0.25) is 0 Å². The minimum Gasteiger partial charge on any atom is -0.504 e. The molecule has 0 saturated heterocycles. The predicted molar refractivity (Wildman–Crippen MR) is 133 cm³/mol. The van der Waals surface area contributed by atoms with Gasteiger partial charge in [0.25, 0.3) is 11.8 Å². The Kier molecular flexibility index (Phi) is 7.67. The number of carbonyl (C=O) groups is 1. The van der Waals surface area contributed by atoms with Gasteiger partial charge in [-0.25, -0.2) is 0 Å². The van der Waals surface area contributed by atoms with Crippen LogP contribution >= 0.6 is 0 Å². The molecule has 0 spiro atoms. The first-order valence-corrected chi connectivity index (χ1v) is 11.3. The van der Waals surface area contributed by atoms with Gasteiger partial charge in [0.15, 0.2) is 11.5 Å². The topological polar surface area (TPSA) is 155 Å². The zero-order valence-corrected chi connectivity index (χ0v) is 20.4. The van der Waals surface area contributed by atoms with Crippen molar-refractivity contribution in [2.45, 2.75) is 0 Å². The van der Waals surface area contributed by atoms with Crippen LogP contribution in [0, 0.1) is 17.0 Å². The third kappa shape index (κ3) is 5.62. The molecule has 0 radical (unpaired) electrons. The number of likely N-dealkylation sites (N-methyl/N-ethyl adjacent to an activating group) is 2. The quantitative estimate of drug-likeness (QED) is 0.187. The minimum atomic E-state index is -1.46. The standard InChI is InChI=1S/C25H24F2N6O5/c1-30-12-18(35)38-21-19(26)24(36-15-5-3-4-14(10-15)23-31-8-9-33(23)2)32-25(20(21)27)37-17-11-13(22(28)29)6-7-16(17)34/h3-7,10-11,30,34H,8-9,12H2,1-2H3,(H3,28,29). The highest BCUT2D eigenvalue weighted by Crippen LogP contribution is 2.39. The molecule has 4 rings (SSSR count). The highest BCUT2D eigenvalue weighted by atomic mass is 19.1. The molecule has 38 heavy (non-hydrogen) atoms. The number of hydrogen-bond donors (Lipinski definition) is 4. The van der Waals surface area contributed by atoms with Gasteiger partial charge in [-0.05, 0) is 37.4 Å². The fourth-order valence-electron chi connectivity index (χ4n) is 3.52. The molecule has 198 valence electrons. The highest BCUT2D eigenvalue weighted by molar-refractivity contribution is 6.00. The molecule has 11 nitrogen and oxygen atoms in total. The van der Waals surface area contributed by atoms with Crippen LogP contribution < -0.4 is 25.3 Å². The molecular weight excluding hydrogens is 502 g/mol. The number of ether oxygens (including phenoxy) is 3. The number of nitrogen functional groups attached to an aromatic ring is 1. The summed E-state index contributed by atoms with van der Waals surface area (Å²) in [5.74, 6) is -6.81. The molecule has 1 aliphatic heterocycles. The maximum Gasteiger partial charge on any atom is 0.325 e. The number of aliphatic imine (C=N–C) groups is 1. The summed E-state index contributed by atoms with van der Waals surface area (Å²) in [4.78, 5) is 22.2. The Morgan fingerprint density at radius 1 is 1.18 bits per heavy atom. The summed E-state index contributed by atoms with van der Waals surface area (Å²) in [5, 5.41) is 20.2. The molecule has 13 heteroatoms. The van der Waals surface area contributed by atoms with Crippen LogP contribution in [0.1, 0.15) is 11.1 Å². The summed E-state index contributed by atoms with van der Waals surface area (Å²) in [6.07, 6.45) is 0. The van der Waals surface area contributed by atoms with E-state index in [-0.39, 0.29) is 29.4 Å². The lowest BCUT2D eigenvalue weighted by Crippen LogP contribution is -2.24. The van der Waals surface area contributed by atoms with E-state index >= 15 is 8.78 Å². The van der Waals surface area contributed by atoms with Gasteiger partial charge in [0.2, 0.25) is 17.4 Å². The normalized spacial score (nSPS) is 12.7. The van der Waals surface area contributed by atoms with E-state index in [9.17, 15) is 9.90 Å². The Morgan fingerprint density at radius 2 is 1.92 bits per heavy atom.